The maximum Gasteiger partial charge on any atom is 0.203 e. The van der Waals surface area contributed by atoms with Gasteiger partial charge >= 0.3 is 0 Å². The lowest BCUT2D eigenvalue weighted by Crippen LogP contribution is -2.11. The van der Waals surface area contributed by atoms with Crippen LogP contribution in [0.1, 0.15) is 30.0 Å². The Bertz CT molecular complexity index is 445. The van der Waals surface area contributed by atoms with Crippen LogP contribution in [0.3, 0.4) is 0 Å². The van der Waals surface area contributed by atoms with Gasteiger partial charge in [-0.25, -0.2) is 4.98 Å². The fraction of sp³-hybridized carbons (Fsp3) is 0.417. The molecule has 86 valence electrons. The molecule has 1 unspecified atom stereocenters. The SMILES string of the molecule is CCC(Nc1nc(C)cn1C)c1cccs1. The molecule has 3 nitrogen and oxygen atoms in total. The molecule has 0 fully saturated rings. The Balaban J connectivity index is 2.16. The Hall–Kier alpha value is -1.29. The van der Waals surface area contributed by atoms with Gasteiger partial charge in [-0.05, 0) is 24.8 Å². The topological polar surface area (TPSA) is 29.9 Å². The van der Waals surface area contributed by atoms with E-state index < -0.39 is 0 Å². The summed E-state index contributed by atoms with van der Waals surface area (Å²) in [4.78, 5) is 5.83. The van der Waals surface area contributed by atoms with Crippen molar-refractivity contribution in [2.75, 3.05) is 5.32 Å². The van der Waals surface area contributed by atoms with Crippen molar-refractivity contribution < 1.29 is 0 Å². The predicted molar refractivity (Wildman–Crippen MR) is 68.9 cm³/mol. The number of hydrogen-bond donors (Lipinski definition) is 1. The van der Waals surface area contributed by atoms with E-state index in [0.717, 1.165) is 18.1 Å². The standard InChI is InChI=1S/C12H17N3S/c1-4-10(11-6-5-7-16-11)14-12-13-9(2)8-15(12)3/h5-8,10H,4H2,1-3H3,(H,13,14). The van der Waals surface area contributed by atoms with Crippen molar-refractivity contribution in [2.24, 2.45) is 7.05 Å². The summed E-state index contributed by atoms with van der Waals surface area (Å²) in [7, 11) is 2.02. The molecule has 0 aliphatic rings. The first kappa shape index (κ1) is 11.2. The van der Waals surface area contributed by atoms with Crippen LogP contribution in [-0.4, -0.2) is 9.55 Å². The van der Waals surface area contributed by atoms with Crippen molar-refractivity contribution in [3.63, 3.8) is 0 Å². The van der Waals surface area contributed by atoms with Crippen LogP contribution in [0.2, 0.25) is 0 Å². The molecular weight excluding hydrogens is 218 g/mol. The van der Waals surface area contributed by atoms with E-state index >= 15 is 0 Å². The third-order valence-corrected chi connectivity index (χ3v) is 3.58. The van der Waals surface area contributed by atoms with Crippen LogP contribution in [-0.2, 0) is 7.05 Å². The number of nitrogens with one attached hydrogen (secondary N) is 1. The quantitative estimate of drug-likeness (QED) is 0.880. The summed E-state index contributed by atoms with van der Waals surface area (Å²) in [5, 5.41) is 5.60. The second-order valence-corrected chi connectivity index (χ2v) is 4.92. The fourth-order valence-electron chi connectivity index (χ4n) is 1.77. The fourth-order valence-corrected chi connectivity index (χ4v) is 2.63. The summed E-state index contributed by atoms with van der Waals surface area (Å²) in [5.41, 5.74) is 1.05. The van der Waals surface area contributed by atoms with Crippen molar-refractivity contribution in [1.82, 2.24) is 9.55 Å². The largest absolute Gasteiger partial charge is 0.348 e. The second kappa shape index (κ2) is 4.70. The van der Waals surface area contributed by atoms with Gasteiger partial charge in [-0.2, -0.15) is 0 Å². The van der Waals surface area contributed by atoms with Gasteiger partial charge in [0.15, 0.2) is 0 Å². The molecule has 0 aliphatic carbocycles. The monoisotopic (exact) mass is 235 g/mol. The number of imidazole rings is 1. The first-order chi connectivity index (χ1) is 7.70. The van der Waals surface area contributed by atoms with Gasteiger partial charge in [-0.1, -0.05) is 13.0 Å². The summed E-state index contributed by atoms with van der Waals surface area (Å²) in [5.74, 6) is 0.942. The molecule has 16 heavy (non-hydrogen) atoms. The number of nitrogens with zero attached hydrogens (tertiary/aromatic N) is 2. The molecule has 0 saturated carbocycles. The Morgan fingerprint density at radius 2 is 2.38 bits per heavy atom. The highest BCUT2D eigenvalue weighted by Crippen LogP contribution is 2.25. The van der Waals surface area contributed by atoms with E-state index in [-0.39, 0.29) is 0 Å². The lowest BCUT2D eigenvalue weighted by molar-refractivity contribution is 0.739. The lowest BCUT2D eigenvalue weighted by atomic mass is 10.2. The highest BCUT2D eigenvalue weighted by Gasteiger charge is 2.12. The number of aryl methyl sites for hydroxylation is 2. The molecule has 4 heteroatoms. The molecule has 0 bridgehead atoms. The Morgan fingerprint density at radius 1 is 1.56 bits per heavy atom. The van der Waals surface area contributed by atoms with Crippen molar-refractivity contribution in [3.8, 4) is 0 Å². The molecule has 0 aliphatic heterocycles. The summed E-state index contributed by atoms with van der Waals surface area (Å²) in [6.45, 7) is 4.20. The first-order valence-electron chi connectivity index (χ1n) is 5.50. The molecule has 0 spiro atoms. The Labute approximate surface area is 100 Å². The maximum atomic E-state index is 4.46. The van der Waals surface area contributed by atoms with Gasteiger partial charge in [0.05, 0.1) is 11.7 Å². The van der Waals surface area contributed by atoms with Crippen LogP contribution in [0.5, 0.6) is 0 Å². The summed E-state index contributed by atoms with van der Waals surface area (Å²) in [6.07, 6.45) is 3.09. The zero-order valence-corrected chi connectivity index (χ0v) is 10.7. The third kappa shape index (κ3) is 2.27. The molecule has 0 aromatic carbocycles. The van der Waals surface area contributed by atoms with Crippen molar-refractivity contribution >= 4 is 17.3 Å². The van der Waals surface area contributed by atoms with Crippen molar-refractivity contribution in [1.29, 1.82) is 0 Å². The molecule has 2 aromatic heterocycles. The molecular formula is C12H17N3S. The van der Waals surface area contributed by atoms with Gasteiger partial charge in [-0.3, -0.25) is 0 Å². The van der Waals surface area contributed by atoms with Gasteiger partial charge in [-0.15, -0.1) is 11.3 Å². The number of rotatable bonds is 4. The number of hydrogen-bond acceptors (Lipinski definition) is 3. The van der Waals surface area contributed by atoms with Crippen molar-refractivity contribution in [3.05, 3.63) is 34.3 Å². The molecule has 0 amide bonds. The van der Waals surface area contributed by atoms with Crippen LogP contribution >= 0.6 is 11.3 Å². The van der Waals surface area contributed by atoms with Crippen LogP contribution in [0, 0.1) is 6.92 Å². The number of aromatic nitrogens is 2. The van der Waals surface area contributed by atoms with Crippen molar-refractivity contribution in [2.45, 2.75) is 26.3 Å². The third-order valence-electron chi connectivity index (χ3n) is 2.60. The zero-order chi connectivity index (χ0) is 11.5. The molecule has 1 atom stereocenters. The van der Waals surface area contributed by atoms with Crippen LogP contribution in [0.15, 0.2) is 23.7 Å². The van der Waals surface area contributed by atoms with Crippen LogP contribution < -0.4 is 5.32 Å². The molecule has 1 N–H and O–H groups in total. The summed E-state index contributed by atoms with van der Waals surface area (Å²) < 4.78 is 2.03. The lowest BCUT2D eigenvalue weighted by Gasteiger charge is -2.15. The van der Waals surface area contributed by atoms with E-state index in [4.69, 9.17) is 0 Å². The highest BCUT2D eigenvalue weighted by atomic mass is 32.1. The molecule has 2 rings (SSSR count). The molecule has 0 saturated heterocycles. The average molecular weight is 235 g/mol. The Morgan fingerprint density at radius 3 is 2.88 bits per heavy atom. The minimum absolute atomic E-state index is 0.362. The predicted octanol–water partition coefficient (Wildman–Crippen LogP) is 3.35. The van der Waals surface area contributed by atoms with Gasteiger partial charge in [0.2, 0.25) is 5.95 Å². The zero-order valence-electron chi connectivity index (χ0n) is 9.90. The van der Waals surface area contributed by atoms with Gasteiger partial charge in [0.1, 0.15) is 0 Å². The minimum atomic E-state index is 0.362. The van der Waals surface area contributed by atoms with Gasteiger partial charge < -0.3 is 9.88 Å². The van der Waals surface area contributed by atoms with E-state index in [9.17, 15) is 0 Å². The second-order valence-electron chi connectivity index (χ2n) is 3.94. The molecule has 2 aromatic rings. The van der Waals surface area contributed by atoms with E-state index in [0.29, 0.717) is 6.04 Å². The van der Waals surface area contributed by atoms with E-state index in [1.165, 1.54) is 4.88 Å². The van der Waals surface area contributed by atoms with E-state index in [2.05, 4.69) is 34.7 Å². The van der Waals surface area contributed by atoms with E-state index in [1.54, 1.807) is 11.3 Å². The van der Waals surface area contributed by atoms with Gasteiger partial charge in [0, 0.05) is 18.1 Å². The molecule has 2 heterocycles. The number of thiophene rings is 1. The van der Waals surface area contributed by atoms with Crippen LogP contribution in [0.4, 0.5) is 5.95 Å². The average Bonchev–Trinajstić information content (AvgIpc) is 2.85. The van der Waals surface area contributed by atoms with Gasteiger partial charge in [0.25, 0.3) is 0 Å². The van der Waals surface area contributed by atoms with E-state index in [1.807, 2.05) is 24.7 Å². The normalized spacial score (nSPS) is 12.7. The smallest absolute Gasteiger partial charge is 0.203 e. The van der Waals surface area contributed by atoms with Crippen LogP contribution in [0.25, 0.3) is 0 Å². The molecule has 0 radical (unpaired) electrons. The number of anilines is 1. The maximum absolute atomic E-state index is 4.46. The minimum Gasteiger partial charge on any atom is -0.348 e. The summed E-state index contributed by atoms with van der Waals surface area (Å²) >= 11 is 1.79. The first-order valence-corrected chi connectivity index (χ1v) is 6.38. The Kier molecular flexibility index (Phi) is 3.29. The highest BCUT2D eigenvalue weighted by molar-refractivity contribution is 7.10. The summed E-state index contributed by atoms with van der Waals surface area (Å²) in [6, 6.07) is 4.62.